The molecule has 14 heteroatoms. The minimum Gasteiger partial charge on any atom is -0.485 e. The van der Waals surface area contributed by atoms with Crippen molar-refractivity contribution in [1.29, 1.82) is 0 Å². The van der Waals surface area contributed by atoms with Crippen molar-refractivity contribution in [2.24, 2.45) is 0 Å². The average molecular weight is 723 g/mol. The van der Waals surface area contributed by atoms with Gasteiger partial charge in [0.1, 0.15) is 36.5 Å². The maximum absolute atomic E-state index is 13.3. The van der Waals surface area contributed by atoms with Crippen molar-refractivity contribution in [3.63, 3.8) is 0 Å². The first-order valence-corrected chi connectivity index (χ1v) is 17.4. The predicted molar refractivity (Wildman–Crippen MR) is 185 cm³/mol. The largest absolute Gasteiger partial charge is 0.485 e. The van der Waals surface area contributed by atoms with Crippen LogP contribution in [0.2, 0.25) is 0 Å². The number of carbonyl (C=O) groups is 6. The Morgan fingerprint density at radius 2 is 1.13 bits per heavy atom. The minimum atomic E-state index is -0.845. The van der Waals surface area contributed by atoms with Gasteiger partial charge in [-0.05, 0) is 84.9 Å². The lowest BCUT2D eigenvalue weighted by molar-refractivity contribution is -0.148. The maximum atomic E-state index is 13.3. The topological polar surface area (TPSA) is 164 Å². The Balaban J connectivity index is 1.20. The number of fused-ring (bicyclic) bond motifs is 1. The number of carbonyl (C=O) groups excluding carboxylic acids is 6. The second kappa shape index (κ2) is 15.6. The highest BCUT2D eigenvalue weighted by Crippen LogP contribution is 2.43. The van der Waals surface area contributed by atoms with Crippen LogP contribution in [-0.4, -0.2) is 108 Å². The summed E-state index contributed by atoms with van der Waals surface area (Å²) in [5, 5.41) is 0. The third-order valence-corrected chi connectivity index (χ3v) is 8.50. The molecular weight excluding hydrogens is 676 g/mol. The summed E-state index contributed by atoms with van der Waals surface area (Å²) < 4.78 is 33.3. The molecule has 0 aromatic heterocycles. The number of ether oxygens (including phenoxy) is 6. The van der Waals surface area contributed by atoms with Crippen molar-refractivity contribution < 1.29 is 57.2 Å². The van der Waals surface area contributed by atoms with E-state index >= 15 is 0 Å². The molecule has 2 unspecified atom stereocenters. The van der Waals surface area contributed by atoms with Crippen LogP contribution in [0, 0.1) is 0 Å². The molecule has 2 atom stereocenters. The van der Waals surface area contributed by atoms with E-state index < -0.39 is 72.2 Å². The van der Waals surface area contributed by atoms with E-state index in [2.05, 4.69) is 0 Å². The number of benzene rings is 2. The van der Waals surface area contributed by atoms with Gasteiger partial charge in [0.25, 0.3) is 0 Å². The van der Waals surface area contributed by atoms with E-state index in [4.69, 9.17) is 28.4 Å². The van der Waals surface area contributed by atoms with E-state index in [9.17, 15) is 28.8 Å². The van der Waals surface area contributed by atoms with Gasteiger partial charge < -0.3 is 28.4 Å². The number of rotatable bonds is 9. The van der Waals surface area contributed by atoms with Gasteiger partial charge in [-0.2, -0.15) is 0 Å². The third-order valence-electron chi connectivity index (χ3n) is 8.50. The van der Waals surface area contributed by atoms with E-state index in [1.807, 2.05) is 0 Å². The Kier molecular flexibility index (Phi) is 11.4. The summed E-state index contributed by atoms with van der Waals surface area (Å²) in [5.41, 5.74) is 0.314. The monoisotopic (exact) mass is 722 g/mol. The molecule has 2 amide bonds. The number of hydrogen-bond acceptors (Lipinski definition) is 12. The fraction of sp³-hybridized carbons (Fsp3) is 0.526. The van der Waals surface area contributed by atoms with Gasteiger partial charge in [0.2, 0.25) is 5.78 Å². The molecule has 0 N–H and O–H groups in total. The summed E-state index contributed by atoms with van der Waals surface area (Å²) in [4.78, 5) is 79.8. The molecule has 52 heavy (non-hydrogen) atoms. The minimum absolute atomic E-state index is 0.169. The summed E-state index contributed by atoms with van der Waals surface area (Å²) in [7, 11) is 0. The molecule has 2 aromatic carbocycles. The second-order valence-electron chi connectivity index (χ2n) is 14.8. The Morgan fingerprint density at radius 3 is 1.63 bits per heavy atom. The zero-order valence-corrected chi connectivity index (χ0v) is 30.5. The second-order valence-corrected chi connectivity index (χ2v) is 14.8. The summed E-state index contributed by atoms with van der Waals surface area (Å²) >= 11 is 0. The van der Waals surface area contributed by atoms with Gasteiger partial charge >= 0.3 is 24.1 Å². The quantitative estimate of drug-likeness (QED) is 0.185. The number of amides is 2. The van der Waals surface area contributed by atoms with Gasteiger partial charge in [0.15, 0.2) is 30.5 Å². The number of Topliss-reactive ketones (excluding diaryl/α,β-unsaturated/α-hetero) is 2. The van der Waals surface area contributed by atoms with Gasteiger partial charge in [0, 0.05) is 24.2 Å². The van der Waals surface area contributed by atoms with E-state index in [-0.39, 0.29) is 24.5 Å². The van der Waals surface area contributed by atoms with Gasteiger partial charge in [-0.3, -0.25) is 19.4 Å². The molecule has 3 aliphatic heterocycles. The number of nitrogens with zero attached hydrogens (tertiary/aromatic N) is 2. The van der Waals surface area contributed by atoms with Crippen molar-refractivity contribution in [1.82, 2.24) is 9.80 Å². The highest BCUT2D eigenvalue weighted by Gasteiger charge is 2.39. The lowest BCUT2D eigenvalue weighted by atomic mass is 9.98. The molecule has 0 saturated carbocycles. The molecule has 2 saturated heterocycles. The van der Waals surface area contributed by atoms with Gasteiger partial charge in [0.05, 0.1) is 5.56 Å². The fourth-order valence-corrected chi connectivity index (χ4v) is 6.15. The van der Waals surface area contributed by atoms with Crippen LogP contribution in [-0.2, 0) is 28.5 Å². The Hall–Kier alpha value is -5.14. The third kappa shape index (κ3) is 9.20. The standard InChI is InChI=1S/C38H46N2O12/c1-37(2,3)51-35(45)39-17-7-9-27(39)33(43)49-21-29(41)24-13-11-23(12-14-24)25-15-16-26(32-31(25)47-19-20-48-32)30(42)22-50-34(44)28-10-8-18-40(28)36(46)52-38(4,5)6/h11-16,27-28H,7-10,17-22H2,1-6H3. The molecule has 3 heterocycles. The van der Waals surface area contributed by atoms with Crippen molar-refractivity contribution >= 4 is 35.7 Å². The van der Waals surface area contributed by atoms with Crippen LogP contribution < -0.4 is 9.47 Å². The molecule has 0 radical (unpaired) electrons. The fourth-order valence-electron chi connectivity index (χ4n) is 6.15. The van der Waals surface area contributed by atoms with E-state index in [0.29, 0.717) is 61.2 Å². The molecule has 0 spiro atoms. The van der Waals surface area contributed by atoms with Crippen molar-refractivity contribution in [2.45, 2.75) is 90.5 Å². The maximum Gasteiger partial charge on any atom is 0.411 e. The molecule has 5 rings (SSSR count). The van der Waals surface area contributed by atoms with E-state index in [1.165, 1.54) is 9.80 Å². The number of esters is 2. The first-order valence-electron chi connectivity index (χ1n) is 17.4. The number of likely N-dealkylation sites (tertiary alicyclic amines) is 2. The first-order chi connectivity index (χ1) is 24.5. The number of ketones is 2. The highest BCUT2D eigenvalue weighted by atomic mass is 16.6. The summed E-state index contributed by atoms with van der Waals surface area (Å²) in [6, 6.07) is 8.16. The molecule has 0 bridgehead atoms. The molecular formula is C38H46N2O12. The van der Waals surface area contributed by atoms with Crippen molar-refractivity contribution in [2.75, 3.05) is 39.5 Å². The SMILES string of the molecule is CC(C)(C)OC(=O)N1CCCC1C(=O)OCC(=O)c1ccc(-c2ccc(C(=O)COC(=O)C3CCCN3C(=O)OC(C)(C)C)c3c2OCCO3)cc1. The van der Waals surface area contributed by atoms with Crippen LogP contribution in [0.1, 0.15) is 87.9 Å². The van der Waals surface area contributed by atoms with E-state index in [0.717, 1.165) is 0 Å². The Bertz CT molecular complexity index is 1710. The normalized spacial score (nSPS) is 18.4. The smallest absolute Gasteiger partial charge is 0.411 e. The van der Waals surface area contributed by atoms with Crippen LogP contribution in [0.15, 0.2) is 36.4 Å². The summed E-state index contributed by atoms with van der Waals surface area (Å²) in [6.45, 7) is 10.5. The molecule has 2 fully saturated rings. The Labute approximate surface area is 302 Å². The molecule has 0 aliphatic carbocycles. The van der Waals surface area contributed by atoms with Crippen LogP contribution in [0.4, 0.5) is 9.59 Å². The molecule has 14 nitrogen and oxygen atoms in total. The van der Waals surface area contributed by atoms with Gasteiger partial charge in [-0.1, -0.05) is 24.3 Å². The van der Waals surface area contributed by atoms with Crippen molar-refractivity contribution in [3.05, 3.63) is 47.5 Å². The highest BCUT2D eigenvalue weighted by molar-refractivity contribution is 6.03. The number of hydrogen-bond donors (Lipinski definition) is 0. The predicted octanol–water partition coefficient (Wildman–Crippen LogP) is 5.38. The van der Waals surface area contributed by atoms with Gasteiger partial charge in [-0.25, -0.2) is 19.2 Å². The molecule has 3 aliphatic rings. The summed E-state index contributed by atoms with van der Waals surface area (Å²) in [6.07, 6.45) is 0.832. The van der Waals surface area contributed by atoms with Crippen LogP contribution in [0.25, 0.3) is 11.1 Å². The van der Waals surface area contributed by atoms with Crippen LogP contribution >= 0.6 is 0 Å². The average Bonchev–Trinajstić information content (AvgIpc) is 3.79. The van der Waals surface area contributed by atoms with Crippen LogP contribution in [0.3, 0.4) is 0 Å². The molecule has 280 valence electrons. The van der Waals surface area contributed by atoms with Crippen molar-refractivity contribution in [3.8, 4) is 22.6 Å². The van der Waals surface area contributed by atoms with E-state index in [1.54, 1.807) is 77.9 Å². The van der Waals surface area contributed by atoms with Crippen LogP contribution in [0.5, 0.6) is 11.5 Å². The zero-order valence-electron chi connectivity index (χ0n) is 30.5. The Morgan fingerprint density at radius 1 is 0.654 bits per heavy atom. The first kappa shape index (κ1) is 38.1. The van der Waals surface area contributed by atoms with Gasteiger partial charge in [-0.15, -0.1) is 0 Å². The summed E-state index contributed by atoms with van der Waals surface area (Å²) in [5.74, 6) is -1.75. The zero-order chi connectivity index (χ0) is 37.8. The molecule has 2 aromatic rings. The lowest BCUT2D eigenvalue weighted by Crippen LogP contribution is -2.44. The lowest BCUT2D eigenvalue weighted by Gasteiger charge is -2.27.